The van der Waals surface area contributed by atoms with Crippen molar-refractivity contribution in [2.45, 2.75) is 13.0 Å². The van der Waals surface area contributed by atoms with Gasteiger partial charge in [0.2, 0.25) is 5.91 Å². The third kappa shape index (κ3) is 5.93. The summed E-state index contributed by atoms with van der Waals surface area (Å²) >= 11 is 1.86. The van der Waals surface area contributed by atoms with Gasteiger partial charge in [0.05, 0.1) is 6.42 Å². The predicted molar refractivity (Wildman–Crippen MR) is 111 cm³/mol. The van der Waals surface area contributed by atoms with Crippen LogP contribution < -0.4 is 5.32 Å². The zero-order chi connectivity index (χ0) is 20.8. The summed E-state index contributed by atoms with van der Waals surface area (Å²) in [6.45, 7) is 1.59. The van der Waals surface area contributed by atoms with Crippen LogP contribution in [0.25, 0.3) is 0 Å². The molecule has 0 aromatic heterocycles. The molecule has 154 valence electrons. The standard InChI is InChI=1S/C21H23F2N3O2S/c1-25(14-16-4-5-17(22)13-19(16)23)21(28)24-18-6-2-15(3-7-18)12-20(27)26-8-10-29-11-9-26/h2-7,13H,8-12,14H2,1H3,(H,24,28). The first kappa shape index (κ1) is 21.1. The fourth-order valence-electron chi connectivity index (χ4n) is 3.00. The first-order valence-corrected chi connectivity index (χ1v) is 10.5. The normalized spacial score (nSPS) is 13.8. The van der Waals surface area contributed by atoms with Gasteiger partial charge in [-0.1, -0.05) is 18.2 Å². The highest BCUT2D eigenvalue weighted by molar-refractivity contribution is 7.99. The first-order chi connectivity index (χ1) is 13.9. The van der Waals surface area contributed by atoms with Crippen molar-refractivity contribution in [3.8, 4) is 0 Å². The van der Waals surface area contributed by atoms with E-state index in [-0.39, 0.29) is 18.0 Å². The molecule has 0 saturated carbocycles. The summed E-state index contributed by atoms with van der Waals surface area (Å²) in [4.78, 5) is 27.8. The number of amides is 3. The van der Waals surface area contributed by atoms with Gasteiger partial charge in [-0.15, -0.1) is 0 Å². The fourth-order valence-corrected chi connectivity index (χ4v) is 3.90. The smallest absolute Gasteiger partial charge is 0.321 e. The highest BCUT2D eigenvalue weighted by Crippen LogP contribution is 2.15. The Labute approximate surface area is 173 Å². The van der Waals surface area contributed by atoms with Gasteiger partial charge in [-0.3, -0.25) is 4.79 Å². The number of benzene rings is 2. The van der Waals surface area contributed by atoms with E-state index in [1.54, 1.807) is 12.1 Å². The highest BCUT2D eigenvalue weighted by atomic mass is 32.2. The van der Waals surface area contributed by atoms with Gasteiger partial charge in [-0.25, -0.2) is 13.6 Å². The van der Waals surface area contributed by atoms with Crippen molar-refractivity contribution in [2.75, 3.05) is 37.0 Å². The van der Waals surface area contributed by atoms with Gasteiger partial charge in [0.1, 0.15) is 11.6 Å². The number of halogens is 2. The summed E-state index contributed by atoms with van der Waals surface area (Å²) in [5.74, 6) is 0.725. The molecule has 29 heavy (non-hydrogen) atoms. The Morgan fingerprint density at radius 1 is 1.10 bits per heavy atom. The Balaban J connectivity index is 1.53. The topological polar surface area (TPSA) is 52.7 Å². The quantitative estimate of drug-likeness (QED) is 0.803. The van der Waals surface area contributed by atoms with Crippen molar-refractivity contribution in [2.24, 2.45) is 0 Å². The molecule has 0 radical (unpaired) electrons. The van der Waals surface area contributed by atoms with E-state index < -0.39 is 17.7 Å². The zero-order valence-electron chi connectivity index (χ0n) is 16.2. The lowest BCUT2D eigenvalue weighted by Crippen LogP contribution is -2.38. The van der Waals surface area contributed by atoms with Crippen LogP contribution in [0.4, 0.5) is 19.3 Å². The molecule has 1 saturated heterocycles. The number of urea groups is 1. The van der Waals surface area contributed by atoms with E-state index in [1.807, 2.05) is 28.8 Å². The Morgan fingerprint density at radius 3 is 2.45 bits per heavy atom. The summed E-state index contributed by atoms with van der Waals surface area (Å²) in [5.41, 5.74) is 1.69. The molecule has 1 aliphatic rings. The molecule has 0 atom stereocenters. The summed E-state index contributed by atoms with van der Waals surface area (Å²) < 4.78 is 26.7. The molecule has 0 aliphatic carbocycles. The minimum absolute atomic E-state index is 0.0126. The van der Waals surface area contributed by atoms with Crippen LogP contribution in [0, 0.1) is 11.6 Å². The van der Waals surface area contributed by atoms with Crippen molar-refractivity contribution in [1.29, 1.82) is 0 Å². The van der Waals surface area contributed by atoms with E-state index in [0.29, 0.717) is 12.1 Å². The molecule has 3 amide bonds. The lowest BCUT2D eigenvalue weighted by Gasteiger charge is -2.26. The van der Waals surface area contributed by atoms with E-state index in [2.05, 4.69) is 5.32 Å². The number of rotatable bonds is 5. The second-order valence-electron chi connectivity index (χ2n) is 6.89. The molecule has 1 N–H and O–H groups in total. The highest BCUT2D eigenvalue weighted by Gasteiger charge is 2.17. The second kappa shape index (κ2) is 9.73. The molecule has 0 bridgehead atoms. The molecule has 2 aromatic rings. The van der Waals surface area contributed by atoms with Crippen LogP contribution >= 0.6 is 11.8 Å². The molecule has 8 heteroatoms. The molecule has 1 fully saturated rings. The Kier molecular flexibility index (Phi) is 7.09. The van der Waals surface area contributed by atoms with Crippen molar-refractivity contribution in [3.05, 3.63) is 65.2 Å². The van der Waals surface area contributed by atoms with Crippen LogP contribution in [0.3, 0.4) is 0 Å². The van der Waals surface area contributed by atoms with E-state index in [4.69, 9.17) is 0 Å². The zero-order valence-corrected chi connectivity index (χ0v) is 17.0. The maximum Gasteiger partial charge on any atom is 0.321 e. The van der Waals surface area contributed by atoms with E-state index >= 15 is 0 Å². The van der Waals surface area contributed by atoms with Crippen LogP contribution in [0.1, 0.15) is 11.1 Å². The van der Waals surface area contributed by atoms with Crippen LogP contribution in [-0.2, 0) is 17.8 Å². The van der Waals surface area contributed by atoms with Crippen molar-refractivity contribution in [1.82, 2.24) is 9.80 Å². The van der Waals surface area contributed by atoms with Crippen LogP contribution in [0.15, 0.2) is 42.5 Å². The average molecular weight is 419 g/mol. The van der Waals surface area contributed by atoms with E-state index in [1.165, 1.54) is 18.0 Å². The lowest BCUT2D eigenvalue weighted by molar-refractivity contribution is -0.130. The Morgan fingerprint density at radius 2 is 1.79 bits per heavy atom. The van der Waals surface area contributed by atoms with Gasteiger partial charge in [-0.2, -0.15) is 11.8 Å². The van der Waals surface area contributed by atoms with E-state index in [0.717, 1.165) is 42.3 Å². The molecule has 1 heterocycles. The lowest BCUT2D eigenvalue weighted by atomic mass is 10.1. The third-order valence-electron chi connectivity index (χ3n) is 4.69. The maximum atomic E-state index is 13.8. The number of carbonyl (C=O) groups excluding carboxylic acids is 2. The van der Waals surface area contributed by atoms with E-state index in [9.17, 15) is 18.4 Å². The first-order valence-electron chi connectivity index (χ1n) is 9.33. The van der Waals surface area contributed by atoms with Gasteiger partial charge in [0.25, 0.3) is 0 Å². The minimum Gasteiger partial charge on any atom is -0.341 e. The number of hydrogen-bond acceptors (Lipinski definition) is 3. The van der Waals surface area contributed by atoms with Gasteiger partial charge in [-0.05, 0) is 23.8 Å². The minimum atomic E-state index is -0.689. The molecular formula is C21H23F2N3O2S. The SMILES string of the molecule is CN(Cc1ccc(F)cc1F)C(=O)Nc1ccc(CC(=O)N2CCSCC2)cc1. The Bertz CT molecular complexity index is 871. The summed E-state index contributed by atoms with van der Waals surface area (Å²) in [5, 5.41) is 2.73. The molecule has 3 rings (SSSR count). The van der Waals surface area contributed by atoms with Crippen molar-refractivity contribution < 1.29 is 18.4 Å². The predicted octanol–water partition coefficient (Wildman–Crippen LogP) is 3.75. The van der Waals surface area contributed by atoms with Crippen LogP contribution in [0.5, 0.6) is 0 Å². The third-order valence-corrected chi connectivity index (χ3v) is 5.64. The van der Waals surface area contributed by atoms with Crippen LogP contribution in [-0.4, -0.2) is 53.4 Å². The summed E-state index contributed by atoms with van der Waals surface area (Å²) in [6.07, 6.45) is 0.336. The molecule has 5 nitrogen and oxygen atoms in total. The number of thioether (sulfide) groups is 1. The molecular weight excluding hydrogens is 396 g/mol. The number of carbonyl (C=O) groups is 2. The van der Waals surface area contributed by atoms with Gasteiger partial charge >= 0.3 is 6.03 Å². The van der Waals surface area contributed by atoms with Gasteiger partial charge in [0, 0.05) is 55.5 Å². The van der Waals surface area contributed by atoms with Crippen molar-refractivity contribution in [3.63, 3.8) is 0 Å². The molecule has 2 aromatic carbocycles. The maximum absolute atomic E-state index is 13.8. The number of nitrogens with zero attached hydrogens (tertiary/aromatic N) is 2. The van der Waals surface area contributed by atoms with Gasteiger partial charge < -0.3 is 15.1 Å². The largest absolute Gasteiger partial charge is 0.341 e. The monoisotopic (exact) mass is 419 g/mol. The molecule has 0 unspecified atom stereocenters. The summed E-state index contributed by atoms with van der Waals surface area (Å²) in [7, 11) is 1.53. The van der Waals surface area contributed by atoms with Crippen molar-refractivity contribution >= 4 is 29.4 Å². The fraction of sp³-hybridized carbons (Fsp3) is 0.333. The number of anilines is 1. The number of nitrogens with one attached hydrogen (secondary N) is 1. The Hall–Kier alpha value is -2.61. The summed E-state index contributed by atoms with van der Waals surface area (Å²) in [6, 6.07) is 9.95. The molecule has 1 aliphatic heterocycles. The van der Waals surface area contributed by atoms with Crippen LogP contribution in [0.2, 0.25) is 0 Å². The number of hydrogen-bond donors (Lipinski definition) is 1. The average Bonchev–Trinajstić information content (AvgIpc) is 2.72. The molecule has 0 spiro atoms. The second-order valence-corrected chi connectivity index (χ2v) is 8.11. The van der Waals surface area contributed by atoms with Gasteiger partial charge in [0.15, 0.2) is 0 Å².